The number of benzene rings is 2. The molecule has 1 heterocycles. The number of aryl methyl sites for hydroxylation is 2. The number of hydrogen-bond donors (Lipinski definition) is 1. The van der Waals surface area contributed by atoms with Crippen LogP contribution in [-0.4, -0.2) is 45.5 Å². The number of morpholine rings is 1. The minimum Gasteiger partial charge on any atom is -0.370 e. The molecule has 0 aliphatic carbocycles. The zero-order chi connectivity index (χ0) is 19.4. The summed E-state index contributed by atoms with van der Waals surface area (Å²) in [7, 11) is -3.73. The van der Waals surface area contributed by atoms with E-state index < -0.39 is 10.0 Å². The second-order valence-electron chi connectivity index (χ2n) is 6.68. The number of carbonyl (C=O) groups is 1. The molecule has 6 nitrogen and oxygen atoms in total. The fraction of sp³-hybridized carbons (Fsp3) is 0.350. The molecule has 2 aromatic rings. The van der Waals surface area contributed by atoms with Crippen LogP contribution in [0.25, 0.3) is 0 Å². The van der Waals surface area contributed by atoms with E-state index in [2.05, 4.69) is 4.72 Å². The van der Waals surface area contributed by atoms with Crippen LogP contribution in [-0.2, 0) is 19.6 Å². The van der Waals surface area contributed by atoms with Crippen molar-refractivity contribution >= 4 is 15.9 Å². The van der Waals surface area contributed by atoms with E-state index in [0.717, 1.165) is 16.7 Å². The van der Waals surface area contributed by atoms with Gasteiger partial charge >= 0.3 is 0 Å². The molecule has 1 N–H and O–H groups in total. The summed E-state index contributed by atoms with van der Waals surface area (Å²) in [6.45, 7) is 4.80. The zero-order valence-electron chi connectivity index (χ0n) is 15.5. The maximum atomic E-state index is 12.5. The van der Waals surface area contributed by atoms with Crippen LogP contribution in [0.4, 0.5) is 0 Å². The van der Waals surface area contributed by atoms with Gasteiger partial charge in [0.05, 0.1) is 24.6 Å². The molecule has 0 bridgehead atoms. The summed E-state index contributed by atoms with van der Waals surface area (Å²) in [5.74, 6) is -0.258. The molecule has 1 unspecified atom stereocenters. The molecule has 1 aliphatic heterocycles. The van der Waals surface area contributed by atoms with Crippen molar-refractivity contribution in [3.8, 4) is 0 Å². The Balaban J connectivity index is 1.62. The van der Waals surface area contributed by atoms with Gasteiger partial charge < -0.3 is 9.64 Å². The summed E-state index contributed by atoms with van der Waals surface area (Å²) in [5.41, 5.74) is 2.92. The first-order chi connectivity index (χ1) is 12.9. The number of rotatable bonds is 5. The average molecular weight is 388 g/mol. The number of ether oxygens (including phenoxy) is 1. The van der Waals surface area contributed by atoms with Crippen molar-refractivity contribution < 1.29 is 17.9 Å². The largest absolute Gasteiger partial charge is 0.370 e. The molecule has 1 fully saturated rings. The van der Waals surface area contributed by atoms with E-state index in [1.807, 2.05) is 44.2 Å². The molecule has 3 rings (SSSR count). The lowest BCUT2D eigenvalue weighted by atomic mass is 10.1. The van der Waals surface area contributed by atoms with Gasteiger partial charge in [0.2, 0.25) is 15.9 Å². The number of nitrogens with zero attached hydrogens (tertiary/aromatic N) is 1. The third-order valence-electron chi connectivity index (χ3n) is 4.79. The Kier molecular flexibility index (Phi) is 5.94. The Labute approximate surface area is 160 Å². The van der Waals surface area contributed by atoms with Gasteiger partial charge in [-0.15, -0.1) is 0 Å². The van der Waals surface area contributed by atoms with Gasteiger partial charge in [0.15, 0.2) is 0 Å². The summed E-state index contributed by atoms with van der Waals surface area (Å²) < 4.78 is 33.1. The van der Waals surface area contributed by atoms with Crippen molar-refractivity contribution in [1.29, 1.82) is 0 Å². The smallest absolute Gasteiger partial charge is 0.241 e. The van der Waals surface area contributed by atoms with E-state index in [1.165, 1.54) is 0 Å². The van der Waals surface area contributed by atoms with E-state index in [1.54, 1.807) is 23.1 Å². The van der Waals surface area contributed by atoms with Crippen molar-refractivity contribution in [3.05, 3.63) is 65.2 Å². The van der Waals surface area contributed by atoms with Crippen LogP contribution in [0.1, 0.15) is 22.8 Å². The first-order valence-electron chi connectivity index (χ1n) is 8.88. The second-order valence-corrected chi connectivity index (χ2v) is 8.45. The monoisotopic (exact) mass is 388 g/mol. The van der Waals surface area contributed by atoms with Gasteiger partial charge in [0, 0.05) is 6.54 Å². The molecular formula is C20H24N2O4S. The average Bonchev–Trinajstić information content (AvgIpc) is 2.69. The fourth-order valence-corrected chi connectivity index (χ4v) is 4.04. The van der Waals surface area contributed by atoms with E-state index >= 15 is 0 Å². The quantitative estimate of drug-likeness (QED) is 0.852. The van der Waals surface area contributed by atoms with E-state index in [0.29, 0.717) is 19.7 Å². The number of amides is 1. The minimum absolute atomic E-state index is 0.169. The maximum absolute atomic E-state index is 12.5. The lowest BCUT2D eigenvalue weighted by Crippen LogP contribution is -2.46. The minimum atomic E-state index is -3.73. The number of carbonyl (C=O) groups excluding carboxylic acids is 1. The lowest BCUT2D eigenvalue weighted by molar-refractivity contribution is -0.137. The van der Waals surface area contributed by atoms with Crippen molar-refractivity contribution in [1.82, 2.24) is 9.62 Å². The standard InChI is InChI=1S/C20H24N2O4S/c1-15-8-9-18(12-16(15)2)27(24,25)21-13-20(23)22-10-11-26-19(14-22)17-6-4-3-5-7-17/h3-9,12,19,21H,10-11,13-14H2,1-2H3. The number of sulfonamides is 1. The topological polar surface area (TPSA) is 75.7 Å². The molecule has 1 aliphatic rings. The first-order valence-corrected chi connectivity index (χ1v) is 10.4. The lowest BCUT2D eigenvalue weighted by Gasteiger charge is -2.33. The van der Waals surface area contributed by atoms with Crippen LogP contribution < -0.4 is 4.72 Å². The molecule has 0 spiro atoms. The summed E-state index contributed by atoms with van der Waals surface area (Å²) in [4.78, 5) is 14.3. The van der Waals surface area contributed by atoms with Gasteiger partial charge in [0.1, 0.15) is 6.10 Å². The molecular weight excluding hydrogens is 364 g/mol. The first kappa shape index (κ1) is 19.5. The summed E-state index contributed by atoms with van der Waals surface area (Å²) in [5, 5.41) is 0. The third kappa shape index (κ3) is 4.74. The fourth-order valence-electron chi connectivity index (χ4n) is 2.98. The SMILES string of the molecule is Cc1ccc(S(=O)(=O)NCC(=O)N2CCOC(c3ccccc3)C2)cc1C. The number of nitrogens with one attached hydrogen (secondary N) is 1. The highest BCUT2D eigenvalue weighted by Crippen LogP contribution is 2.22. The van der Waals surface area contributed by atoms with Gasteiger partial charge in [-0.3, -0.25) is 4.79 Å². The van der Waals surface area contributed by atoms with Gasteiger partial charge in [0.25, 0.3) is 0 Å². The summed E-state index contributed by atoms with van der Waals surface area (Å²) >= 11 is 0. The Morgan fingerprint density at radius 2 is 1.89 bits per heavy atom. The highest BCUT2D eigenvalue weighted by Gasteiger charge is 2.26. The van der Waals surface area contributed by atoms with Crippen LogP contribution in [0.15, 0.2) is 53.4 Å². The van der Waals surface area contributed by atoms with Crippen LogP contribution >= 0.6 is 0 Å². The summed E-state index contributed by atoms with van der Waals surface area (Å²) in [6.07, 6.45) is -0.194. The van der Waals surface area contributed by atoms with Gasteiger partial charge in [-0.25, -0.2) is 13.1 Å². The predicted octanol–water partition coefficient (Wildman–Crippen LogP) is 2.18. The van der Waals surface area contributed by atoms with Crippen LogP contribution in [0, 0.1) is 13.8 Å². The zero-order valence-corrected chi connectivity index (χ0v) is 16.3. The van der Waals surface area contributed by atoms with Crippen molar-refractivity contribution in [2.75, 3.05) is 26.2 Å². The van der Waals surface area contributed by atoms with Gasteiger partial charge in [-0.1, -0.05) is 36.4 Å². The van der Waals surface area contributed by atoms with E-state index in [-0.39, 0.29) is 23.5 Å². The molecule has 1 amide bonds. The third-order valence-corrected chi connectivity index (χ3v) is 6.19. The van der Waals surface area contributed by atoms with Crippen molar-refractivity contribution in [3.63, 3.8) is 0 Å². The molecule has 1 saturated heterocycles. The number of hydrogen-bond acceptors (Lipinski definition) is 4. The van der Waals surface area contributed by atoms with Crippen molar-refractivity contribution in [2.24, 2.45) is 0 Å². The maximum Gasteiger partial charge on any atom is 0.241 e. The second kappa shape index (κ2) is 8.21. The normalized spacial score (nSPS) is 17.7. The van der Waals surface area contributed by atoms with Crippen LogP contribution in [0.3, 0.4) is 0 Å². The summed E-state index contributed by atoms with van der Waals surface area (Å²) in [6, 6.07) is 14.6. The van der Waals surface area contributed by atoms with Crippen LogP contribution in [0.5, 0.6) is 0 Å². The molecule has 144 valence electrons. The molecule has 0 saturated carbocycles. The van der Waals surface area contributed by atoms with Crippen LogP contribution in [0.2, 0.25) is 0 Å². The highest BCUT2D eigenvalue weighted by molar-refractivity contribution is 7.89. The Morgan fingerprint density at radius 3 is 2.59 bits per heavy atom. The Bertz CT molecular complexity index is 913. The molecule has 2 aromatic carbocycles. The Morgan fingerprint density at radius 1 is 1.15 bits per heavy atom. The molecule has 0 radical (unpaired) electrons. The van der Waals surface area contributed by atoms with E-state index in [9.17, 15) is 13.2 Å². The van der Waals surface area contributed by atoms with Gasteiger partial charge in [-0.2, -0.15) is 0 Å². The van der Waals surface area contributed by atoms with Gasteiger partial charge in [-0.05, 0) is 42.7 Å². The predicted molar refractivity (Wildman–Crippen MR) is 103 cm³/mol. The molecule has 1 atom stereocenters. The molecule has 7 heteroatoms. The Hall–Kier alpha value is -2.22. The highest BCUT2D eigenvalue weighted by atomic mass is 32.2. The van der Waals surface area contributed by atoms with E-state index in [4.69, 9.17) is 4.74 Å². The molecule has 0 aromatic heterocycles. The molecule has 27 heavy (non-hydrogen) atoms. The van der Waals surface area contributed by atoms with Crippen molar-refractivity contribution in [2.45, 2.75) is 24.8 Å².